The number of benzene rings is 2. The van der Waals surface area contributed by atoms with Crippen LogP contribution >= 0.6 is 13.5 Å². The van der Waals surface area contributed by atoms with Gasteiger partial charge in [-0.15, -0.1) is 0 Å². The third-order valence-corrected chi connectivity index (χ3v) is 4.37. The molecule has 0 aliphatic rings. The van der Waals surface area contributed by atoms with Crippen molar-refractivity contribution in [2.45, 2.75) is 11.8 Å². The summed E-state index contributed by atoms with van der Waals surface area (Å²) in [5.74, 6) is 0.0856. The molecular weight excluding hydrogens is 336 g/mol. The molecule has 1 aromatic heterocycles. The van der Waals surface area contributed by atoms with Crippen molar-refractivity contribution in [3.8, 4) is 5.75 Å². The van der Waals surface area contributed by atoms with Crippen LogP contribution in [0.5, 0.6) is 5.75 Å². The maximum atomic E-state index is 12.2. The normalized spacial score (nSPS) is 11.0. The molecule has 0 radical (unpaired) electrons. The van der Waals surface area contributed by atoms with E-state index in [1.165, 1.54) is 30.3 Å². The van der Waals surface area contributed by atoms with Gasteiger partial charge in [-0.25, -0.2) is 4.79 Å². The molecule has 0 atom stereocenters. The van der Waals surface area contributed by atoms with Crippen molar-refractivity contribution in [3.05, 3.63) is 70.6 Å². The summed E-state index contributed by atoms with van der Waals surface area (Å²) < 4.78 is 34.5. The van der Waals surface area contributed by atoms with Crippen LogP contribution in [0.1, 0.15) is 5.56 Å². The second kappa shape index (κ2) is 6.47. The van der Waals surface area contributed by atoms with Gasteiger partial charge in [0.15, 0.2) is 0 Å². The van der Waals surface area contributed by atoms with Crippen molar-refractivity contribution >= 4 is 34.6 Å². The fraction of sp³-hybridized carbons (Fsp3) is 0.0625. The van der Waals surface area contributed by atoms with Crippen molar-refractivity contribution in [1.29, 1.82) is 0 Å². The Morgan fingerprint density at radius 1 is 0.957 bits per heavy atom. The minimum absolute atomic E-state index is 0. The zero-order valence-corrected chi connectivity index (χ0v) is 14.0. The van der Waals surface area contributed by atoms with Gasteiger partial charge in [0, 0.05) is 17.5 Å². The first kappa shape index (κ1) is 17.1. The van der Waals surface area contributed by atoms with Crippen LogP contribution in [0.25, 0.3) is 11.0 Å². The number of hydrogen-bond acceptors (Lipinski definition) is 5. The molecule has 2 aromatic carbocycles. The predicted octanol–water partition coefficient (Wildman–Crippen LogP) is 2.98. The largest absolute Gasteiger partial charge is 0.423 e. The SMILES string of the molecule is Cc1ccc(S(=O)(=O)Oc2ccc3ccc(=O)oc3c2)cc1.S. The molecule has 0 aliphatic carbocycles. The standard InChI is InChI=1S/C16H12O5S.H2S/c1-11-2-7-14(8-3-11)22(18,19)21-13-6-4-12-5-9-16(17)20-15(12)10-13;/h2-10H,1H3;1H2. The average Bonchev–Trinajstić information content (AvgIpc) is 2.47. The quantitative estimate of drug-likeness (QED) is 0.536. The first-order valence-corrected chi connectivity index (χ1v) is 7.90. The molecule has 0 bridgehead atoms. The molecule has 0 aliphatic heterocycles. The summed E-state index contributed by atoms with van der Waals surface area (Å²) in [6.07, 6.45) is 0. The van der Waals surface area contributed by atoms with Crippen molar-refractivity contribution in [3.63, 3.8) is 0 Å². The Bertz CT molecular complexity index is 989. The molecule has 0 unspecified atom stereocenters. The topological polar surface area (TPSA) is 73.6 Å². The Kier molecular flexibility index (Phi) is 4.82. The van der Waals surface area contributed by atoms with Gasteiger partial charge in [-0.3, -0.25) is 0 Å². The fourth-order valence-electron chi connectivity index (χ4n) is 1.97. The molecule has 0 spiro atoms. The average molecular weight is 350 g/mol. The molecule has 1 heterocycles. The number of fused-ring (bicyclic) bond motifs is 1. The maximum Gasteiger partial charge on any atom is 0.339 e. The summed E-state index contributed by atoms with van der Waals surface area (Å²) in [6, 6.07) is 13.7. The van der Waals surface area contributed by atoms with Crippen LogP contribution in [0.4, 0.5) is 0 Å². The van der Waals surface area contributed by atoms with E-state index < -0.39 is 15.7 Å². The van der Waals surface area contributed by atoms with Gasteiger partial charge in [-0.1, -0.05) is 17.7 Å². The van der Waals surface area contributed by atoms with Crippen LogP contribution in [0.3, 0.4) is 0 Å². The van der Waals surface area contributed by atoms with E-state index in [1.807, 2.05) is 6.92 Å². The highest BCUT2D eigenvalue weighted by molar-refractivity contribution is 7.87. The molecule has 3 aromatic rings. The lowest BCUT2D eigenvalue weighted by Crippen LogP contribution is -2.09. The van der Waals surface area contributed by atoms with Gasteiger partial charge in [0.05, 0.1) is 0 Å². The smallest absolute Gasteiger partial charge is 0.339 e. The molecule has 0 N–H and O–H groups in total. The Morgan fingerprint density at radius 3 is 2.30 bits per heavy atom. The van der Waals surface area contributed by atoms with E-state index in [0.717, 1.165) is 5.56 Å². The first-order valence-electron chi connectivity index (χ1n) is 6.49. The lowest BCUT2D eigenvalue weighted by molar-refractivity contribution is 0.485. The van der Waals surface area contributed by atoms with Gasteiger partial charge in [0.1, 0.15) is 16.2 Å². The lowest BCUT2D eigenvalue weighted by Gasteiger charge is -2.07. The van der Waals surface area contributed by atoms with Gasteiger partial charge in [-0.05, 0) is 37.3 Å². The Balaban J connectivity index is 0.00000192. The van der Waals surface area contributed by atoms with Crippen LogP contribution in [-0.4, -0.2) is 8.42 Å². The summed E-state index contributed by atoms with van der Waals surface area (Å²) in [5, 5.41) is 0.680. The fourth-order valence-corrected chi connectivity index (χ4v) is 2.90. The lowest BCUT2D eigenvalue weighted by atomic mass is 10.2. The number of hydrogen-bond donors (Lipinski definition) is 0. The molecule has 0 saturated heterocycles. The van der Waals surface area contributed by atoms with Crippen molar-refractivity contribution < 1.29 is 17.0 Å². The minimum atomic E-state index is -3.93. The monoisotopic (exact) mass is 350 g/mol. The van der Waals surface area contributed by atoms with E-state index in [4.69, 9.17) is 8.60 Å². The van der Waals surface area contributed by atoms with Crippen LogP contribution in [-0.2, 0) is 10.1 Å². The van der Waals surface area contributed by atoms with Gasteiger partial charge in [0.2, 0.25) is 0 Å². The van der Waals surface area contributed by atoms with Crippen LogP contribution in [0.15, 0.2) is 68.7 Å². The molecule has 23 heavy (non-hydrogen) atoms. The summed E-state index contributed by atoms with van der Waals surface area (Å²) >= 11 is 0. The molecule has 120 valence electrons. The van der Waals surface area contributed by atoms with E-state index >= 15 is 0 Å². The summed E-state index contributed by atoms with van der Waals surface area (Å²) in [6.45, 7) is 1.86. The van der Waals surface area contributed by atoms with Crippen LogP contribution < -0.4 is 9.81 Å². The van der Waals surface area contributed by atoms with Crippen molar-refractivity contribution in [1.82, 2.24) is 0 Å². The summed E-state index contributed by atoms with van der Waals surface area (Å²) in [7, 11) is -3.93. The predicted molar refractivity (Wildman–Crippen MR) is 91.9 cm³/mol. The van der Waals surface area contributed by atoms with Gasteiger partial charge in [0.25, 0.3) is 0 Å². The number of aryl methyl sites for hydroxylation is 1. The molecular formula is C16H14O5S2. The van der Waals surface area contributed by atoms with Gasteiger partial charge >= 0.3 is 15.7 Å². The van der Waals surface area contributed by atoms with E-state index in [-0.39, 0.29) is 29.7 Å². The highest BCUT2D eigenvalue weighted by atomic mass is 32.2. The second-order valence-corrected chi connectivity index (χ2v) is 6.35. The second-order valence-electron chi connectivity index (χ2n) is 4.80. The van der Waals surface area contributed by atoms with Gasteiger partial charge < -0.3 is 8.60 Å². The Hall–Kier alpha value is -2.25. The maximum absolute atomic E-state index is 12.2. The van der Waals surface area contributed by atoms with Crippen LogP contribution in [0.2, 0.25) is 0 Å². The Morgan fingerprint density at radius 2 is 1.61 bits per heavy atom. The molecule has 7 heteroatoms. The summed E-state index contributed by atoms with van der Waals surface area (Å²) in [4.78, 5) is 11.3. The Labute approximate surface area is 140 Å². The van der Waals surface area contributed by atoms with E-state index in [9.17, 15) is 13.2 Å². The van der Waals surface area contributed by atoms with E-state index in [1.54, 1.807) is 24.3 Å². The molecule has 0 fully saturated rings. The zero-order chi connectivity index (χ0) is 15.7. The minimum Gasteiger partial charge on any atom is -0.423 e. The highest BCUT2D eigenvalue weighted by Gasteiger charge is 2.16. The molecule has 3 rings (SSSR count). The van der Waals surface area contributed by atoms with Crippen LogP contribution in [0, 0.1) is 6.92 Å². The highest BCUT2D eigenvalue weighted by Crippen LogP contribution is 2.23. The zero-order valence-electron chi connectivity index (χ0n) is 12.1. The van der Waals surface area contributed by atoms with E-state index in [0.29, 0.717) is 5.39 Å². The van der Waals surface area contributed by atoms with Crippen molar-refractivity contribution in [2.75, 3.05) is 0 Å². The third kappa shape index (κ3) is 3.75. The van der Waals surface area contributed by atoms with Crippen molar-refractivity contribution in [2.24, 2.45) is 0 Å². The summed E-state index contributed by atoms with van der Waals surface area (Å²) in [5.41, 5.74) is 0.710. The molecule has 0 amide bonds. The van der Waals surface area contributed by atoms with E-state index in [2.05, 4.69) is 0 Å². The first-order chi connectivity index (χ1) is 10.4. The number of rotatable bonds is 3. The molecule has 0 saturated carbocycles. The van der Waals surface area contributed by atoms with Gasteiger partial charge in [-0.2, -0.15) is 21.9 Å². The molecule has 5 nitrogen and oxygen atoms in total. The third-order valence-electron chi connectivity index (χ3n) is 3.11.